The molecule has 19 heavy (non-hydrogen) atoms. The fourth-order valence-corrected chi connectivity index (χ4v) is 2.57. The van der Waals surface area contributed by atoms with Gasteiger partial charge in [-0.15, -0.1) is 0 Å². The first-order chi connectivity index (χ1) is 9.24. The summed E-state index contributed by atoms with van der Waals surface area (Å²) in [4.78, 5) is 23.9. The summed E-state index contributed by atoms with van der Waals surface area (Å²) in [5.74, 6) is -0.141. The molecule has 2 aromatic rings. The van der Waals surface area contributed by atoms with Crippen molar-refractivity contribution in [2.24, 2.45) is 0 Å². The highest BCUT2D eigenvalue weighted by Crippen LogP contribution is 2.17. The molecule has 1 fully saturated rings. The third kappa shape index (κ3) is 2.38. The van der Waals surface area contributed by atoms with Gasteiger partial charge in [-0.3, -0.25) is 9.59 Å². The Bertz CT molecular complexity index is 652. The van der Waals surface area contributed by atoms with Crippen LogP contribution in [0.5, 0.6) is 0 Å². The highest BCUT2D eigenvalue weighted by molar-refractivity contribution is 5.76. The van der Waals surface area contributed by atoms with Crippen LogP contribution in [0.2, 0.25) is 0 Å². The van der Waals surface area contributed by atoms with E-state index in [1.165, 1.54) is 17.5 Å². The Labute approximate surface area is 110 Å². The van der Waals surface area contributed by atoms with Gasteiger partial charge in [-0.25, -0.2) is 4.68 Å². The molecular formula is C13H16N4O2. The molecule has 1 N–H and O–H groups in total. The monoisotopic (exact) mass is 260 g/mol. The van der Waals surface area contributed by atoms with Gasteiger partial charge in [-0.05, 0) is 25.0 Å². The lowest BCUT2D eigenvalue weighted by Gasteiger charge is -2.12. The lowest BCUT2D eigenvalue weighted by Crippen LogP contribution is -2.38. The molecule has 2 heterocycles. The number of fused-ring (bicyclic) bond motifs is 1. The second-order valence-electron chi connectivity index (χ2n) is 4.94. The number of nitrogens with one attached hydrogen (secondary N) is 1. The zero-order valence-electron chi connectivity index (χ0n) is 10.6. The Kier molecular flexibility index (Phi) is 3.06. The summed E-state index contributed by atoms with van der Waals surface area (Å²) in [5.41, 5.74) is 0.290. The molecular weight excluding hydrogens is 244 g/mol. The van der Waals surface area contributed by atoms with Gasteiger partial charge in [-0.1, -0.05) is 12.8 Å². The highest BCUT2D eigenvalue weighted by Gasteiger charge is 2.17. The molecule has 3 rings (SSSR count). The van der Waals surface area contributed by atoms with Crippen molar-refractivity contribution in [3.05, 3.63) is 35.0 Å². The second-order valence-corrected chi connectivity index (χ2v) is 4.94. The maximum Gasteiger partial charge on any atom is 0.291 e. The van der Waals surface area contributed by atoms with Gasteiger partial charge in [0.15, 0.2) is 0 Å². The Morgan fingerprint density at radius 3 is 3.00 bits per heavy atom. The van der Waals surface area contributed by atoms with Crippen molar-refractivity contribution in [3.63, 3.8) is 0 Å². The Morgan fingerprint density at radius 2 is 2.21 bits per heavy atom. The van der Waals surface area contributed by atoms with Gasteiger partial charge < -0.3 is 9.72 Å². The molecule has 1 aliphatic rings. The van der Waals surface area contributed by atoms with Crippen LogP contribution in [0.1, 0.15) is 25.7 Å². The SMILES string of the molecule is O=C(Cn1ncn2cccc2c1=O)NC1CCCC1. The topological polar surface area (TPSA) is 68.4 Å². The van der Waals surface area contributed by atoms with Crippen LogP contribution in [0.3, 0.4) is 0 Å². The van der Waals surface area contributed by atoms with Crippen LogP contribution in [0.4, 0.5) is 0 Å². The molecule has 0 saturated heterocycles. The largest absolute Gasteiger partial charge is 0.352 e. The van der Waals surface area contributed by atoms with Crippen molar-refractivity contribution >= 4 is 11.4 Å². The van der Waals surface area contributed by atoms with E-state index in [2.05, 4.69) is 10.4 Å². The zero-order valence-corrected chi connectivity index (χ0v) is 10.6. The first kappa shape index (κ1) is 12.0. The predicted octanol–water partition coefficient (Wildman–Crippen LogP) is 0.555. The normalized spacial score (nSPS) is 16.0. The number of aromatic nitrogens is 3. The van der Waals surface area contributed by atoms with Crippen molar-refractivity contribution in [3.8, 4) is 0 Å². The number of carbonyl (C=O) groups is 1. The Hall–Kier alpha value is -2.11. The minimum absolute atomic E-state index is 0.0169. The van der Waals surface area contributed by atoms with Crippen LogP contribution in [0.15, 0.2) is 29.5 Å². The zero-order chi connectivity index (χ0) is 13.2. The van der Waals surface area contributed by atoms with Gasteiger partial charge in [0.1, 0.15) is 18.4 Å². The molecule has 0 bridgehead atoms. The van der Waals surface area contributed by atoms with E-state index in [1.54, 1.807) is 29.1 Å². The highest BCUT2D eigenvalue weighted by atomic mass is 16.2. The Morgan fingerprint density at radius 1 is 1.42 bits per heavy atom. The van der Waals surface area contributed by atoms with Gasteiger partial charge >= 0.3 is 0 Å². The van der Waals surface area contributed by atoms with Crippen LogP contribution >= 0.6 is 0 Å². The number of hydrogen-bond acceptors (Lipinski definition) is 3. The fraction of sp³-hybridized carbons (Fsp3) is 0.462. The summed E-state index contributed by atoms with van der Waals surface area (Å²) in [6.07, 6.45) is 7.70. The van der Waals surface area contributed by atoms with Crippen molar-refractivity contribution in [2.45, 2.75) is 38.3 Å². The van der Waals surface area contributed by atoms with E-state index in [9.17, 15) is 9.59 Å². The first-order valence-electron chi connectivity index (χ1n) is 6.56. The van der Waals surface area contributed by atoms with Crippen LogP contribution in [-0.2, 0) is 11.3 Å². The number of carbonyl (C=O) groups excluding carboxylic acids is 1. The van der Waals surface area contributed by atoms with Gasteiger partial charge in [0.05, 0.1) is 0 Å². The van der Waals surface area contributed by atoms with Crippen LogP contribution in [0.25, 0.3) is 5.52 Å². The molecule has 1 amide bonds. The predicted molar refractivity (Wildman–Crippen MR) is 69.9 cm³/mol. The van der Waals surface area contributed by atoms with Gasteiger partial charge in [0.2, 0.25) is 5.91 Å². The third-order valence-electron chi connectivity index (χ3n) is 3.56. The van der Waals surface area contributed by atoms with Crippen molar-refractivity contribution in [2.75, 3.05) is 0 Å². The molecule has 2 aromatic heterocycles. The average molecular weight is 260 g/mol. The van der Waals surface area contributed by atoms with Gasteiger partial charge in [0, 0.05) is 12.2 Å². The molecule has 6 nitrogen and oxygen atoms in total. The summed E-state index contributed by atoms with van der Waals surface area (Å²) in [5, 5.41) is 6.95. The smallest absolute Gasteiger partial charge is 0.291 e. The number of hydrogen-bond donors (Lipinski definition) is 1. The lowest BCUT2D eigenvalue weighted by molar-refractivity contribution is -0.122. The molecule has 0 radical (unpaired) electrons. The van der Waals surface area contributed by atoms with E-state index in [0.29, 0.717) is 5.52 Å². The summed E-state index contributed by atoms with van der Waals surface area (Å²) in [7, 11) is 0. The van der Waals surface area contributed by atoms with Crippen molar-refractivity contribution in [1.29, 1.82) is 0 Å². The molecule has 0 atom stereocenters. The molecule has 0 unspecified atom stereocenters. The minimum Gasteiger partial charge on any atom is -0.352 e. The summed E-state index contributed by atoms with van der Waals surface area (Å²) < 4.78 is 2.85. The van der Waals surface area contributed by atoms with Gasteiger partial charge in [-0.2, -0.15) is 5.10 Å². The first-order valence-corrected chi connectivity index (χ1v) is 6.56. The molecule has 0 aromatic carbocycles. The average Bonchev–Trinajstić information content (AvgIpc) is 3.03. The fourth-order valence-electron chi connectivity index (χ4n) is 2.57. The second kappa shape index (κ2) is 4.87. The van der Waals surface area contributed by atoms with Crippen LogP contribution in [0, 0.1) is 0 Å². The van der Waals surface area contributed by atoms with Crippen molar-refractivity contribution in [1.82, 2.24) is 19.5 Å². The molecule has 1 saturated carbocycles. The van der Waals surface area contributed by atoms with E-state index in [4.69, 9.17) is 0 Å². The van der Waals surface area contributed by atoms with E-state index < -0.39 is 0 Å². The van der Waals surface area contributed by atoms with E-state index >= 15 is 0 Å². The van der Waals surface area contributed by atoms with Crippen LogP contribution in [-0.4, -0.2) is 26.1 Å². The minimum atomic E-state index is -0.242. The summed E-state index contributed by atoms with van der Waals surface area (Å²) >= 11 is 0. The Balaban J connectivity index is 1.75. The molecule has 100 valence electrons. The molecule has 0 spiro atoms. The number of amides is 1. The van der Waals surface area contributed by atoms with E-state index in [-0.39, 0.29) is 24.1 Å². The van der Waals surface area contributed by atoms with Crippen molar-refractivity contribution < 1.29 is 4.79 Å². The summed E-state index contributed by atoms with van der Waals surface area (Å²) in [6.45, 7) is -0.0169. The number of rotatable bonds is 3. The third-order valence-corrected chi connectivity index (χ3v) is 3.56. The standard InChI is InChI=1S/C13H16N4O2/c18-12(15-10-4-1-2-5-10)8-17-13(19)11-6-3-7-16(11)9-14-17/h3,6-7,9-10H,1-2,4-5,8H2,(H,15,18). The lowest BCUT2D eigenvalue weighted by atomic mass is 10.2. The summed E-state index contributed by atoms with van der Waals surface area (Å²) in [6, 6.07) is 3.76. The maximum atomic E-state index is 12.1. The van der Waals surface area contributed by atoms with Crippen LogP contribution < -0.4 is 10.9 Å². The molecule has 1 aliphatic carbocycles. The maximum absolute atomic E-state index is 12.1. The van der Waals surface area contributed by atoms with E-state index in [1.807, 2.05) is 0 Å². The molecule has 0 aliphatic heterocycles. The quantitative estimate of drug-likeness (QED) is 0.876. The van der Waals surface area contributed by atoms with Gasteiger partial charge in [0.25, 0.3) is 5.56 Å². The molecule has 6 heteroatoms. The number of nitrogens with zero attached hydrogens (tertiary/aromatic N) is 3. The van der Waals surface area contributed by atoms with E-state index in [0.717, 1.165) is 12.8 Å².